The van der Waals surface area contributed by atoms with Crippen LogP contribution in [-0.2, 0) is 11.3 Å². The zero-order valence-electron chi connectivity index (χ0n) is 11.8. The predicted octanol–water partition coefficient (Wildman–Crippen LogP) is 1.15. The Balaban J connectivity index is 1.75. The van der Waals surface area contributed by atoms with Gasteiger partial charge >= 0.3 is 12.0 Å². The lowest BCUT2D eigenvalue weighted by atomic mass is 10.2. The smallest absolute Gasteiger partial charge is 0.354 e. The molecule has 1 aliphatic carbocycles. The normalized spacial score (nSPS) is 21.0. The van der Waals surface area contributed by atoms with Crippen LogP contribution in [0.1, 0.15) is 35.3 Å². The number of nitrogens with one attached hydrogen (secondary N) is 2. The van der Waals surface area contributed by atoms with Crippen molar-refractivity contribution in [3.05, 3.63) is 29.6 Å². The van der Waals surface area contributed by atoms with Gasteiger partial charge in [0.2, 0.25) is 0 Å². The third-order valence-electron chi connectivity index (χ3n) is 3.55. The van der Waals surface area contributed by atoms with Crippen LogP contribution in [-0.4, -0.2) is 41.3 Å². The van der Waals surface area contributed by atoms with E-state index in [0.29, 0.717) is 6.54 Å². The number of methoxy groups -OCH3 is 1. The predicted molar refractivity (Wildman–Crippen MR) is 75.0 cm³/mol. The van der Waals surface area contributed by atoms with Crippen LogP contribution in [0.3, 0.4) is 0 Å². The van der Waals surface area contributed by atoms with Gasteiger partial charge in [0.05, 0.1) is 6.10 Å². The summed E-state index contributed by atoms with van der Waals surface area (Å²) < 4.78 is 5.25. The molecule has 1 aromatic heterocycles. The number of ether oxygens (including phenoxy) is 1. The quantitative estimate of drug-likeness (QED) is 0.756. The number of hydrogen-bond donors (Lipinski definition) is 3. The van der Waals surface area contributed by atoms with Gasteiger partial charge in [-0.15, -0.1) is 0 Å². The summed E-state index contributed by atoms with van der Waals surface area (Å²) in [6, 6.07) is 2.95. The lowest BCUT2D eigenvalue weighted by molar-refractivity contribution is 0.0690. The minimum absolute atomic E-state index is 0.0141. The second-order valence-corrected chi connectivity index (χ2v) is 5.05. The molecule has 1 aromatic rings. The van der Waals surface area contributed by atoms with Gasteiger partial charge in [-0.3, -0.25) is 0 Å². The summed E-state index contributed by atoms with van der Waals surface area (Å²) in [5.74, 6) is -1.07. The first-order chi connectivity index (χ1) is 10.1. The highest BCUT2D eigenvalue weighted by atomic mass is 16.5. The van der Waals surface area contributed by atoms with Gasteiger partial charge in [0.1, 0.15) is 5.69 Å². The molecule has 114 valence electrons. The fourth-order valence-electron chi connectivity index (χ4n) is 2.36. The number of amides is 2. The van der Waals surface area contributed by atoms with E-state index in [4.69, 9.17) is 9.84 Å². The molecule has 21 heavy (non-hydrogen) atoms. The van der Waals surface area contributed by atoms with Gasteiger partial charge in [0.15, 0.2) is 0 Å². The standard InChI is InChI=1S/C14H19N3O4/c1-21-11-4-3-10(6-11)17-14(20)16-8-9-2-5-12(13(18)19)15-7-9/h2,5,7,10-11H,3-4,6,8H2,1H3,(H,18,19)(H2,16,17,20). The van der Waals surface area contributed by atoms with Crippen molar-refractivity contribution < 1.29 is 19.4 Å². The number of aromatic carboxylic acids is 1. The molecule has 0 saturated heterocycles. The second kappa shape index (κ2) is 7.03. The molecule has 2 rings (SSSR count). The summed E-state index contributed by atoms with van der Waals surface area (Å²) in [4.78, 5) is 26.2. The lowest BCUT2D eigenvalue weighted by Crippen LogP contribution is -2.40. The number of carboxylic acids is 1. The fraction of sp³-hybridized carbons (Fsp3) is 0.500. The molecule has 3 N–H and O–H groups in total. The summed E-state index contributed by atoms with van der Waals surface area (Å²) in [6.07, 6.45) is 4.38. The molecule has 0 radical (unpaired) electrons. The molecule has 0 spiro atoms. The number of pyridine rings is 1. The molecule has 0 aliphatic heterocycles. The Hall–Kier alpha value is -2.15. The number of nitrogens with zero attached hydrogens (tertiary/aromatic N) is 1. The third-order valence-corrected chi connectivity index (χ3v) is 3.55. The number of urea groups is 1. The van der Waals surface area contributed by atoms with Crippen molar-refractivity contribution in [2.75, 3.05) is 7.11 Å². The average molecular weight is 293 g/mol. The molecule has 0 aromatic carbocycles. The van der Waals surface area contributed by atoms with Crippen molar-refractivity contribution in [3.8, 4) is 0 Å². The number of aromatic nitrogens is 1. The first-order valence-corrected chi connectivity index (χ1v) is 6.84. The lowest BCUT2D eigenvalue weighted by Gasteiger charge is -2.13. The van der Waals surface area contributed by atoms with Gasteiger partial charge in [0.25, 0.3) is 0 Å². The summed E-state index contributed by atoms with van der Waals surface area (Å²) in [7, 11) is 1.68. The van der Waals surface area contributed by atoms with Gasteiger partial charge in [-0.2, -0.15) is 0 Å². The van der Waals surface area contributed by atoms with E-state index < -0.39 is 5.97 Å². The van der Waals surface area contributed by atoms with Crippen LogP contribution in [0.25, 0.3) is 0 Å². The van der Waals surface area contributed by atoms with Crippen molar-refractivity contribution in [2.45, 2.75) is 38.0 Å². The van der Waals surface area contributed by atoms with E-state index >= 15 is 0 Å². The van der Waals surface area contributed by atoms with E-state index in [-0.39, 0.29) is 23.9 Å². The molecule has 1 fully saturated rings. The number of carbonyl (C=O) groups is 2. The van der Waals surface area contributed by atoms with Crippen LogP contribution in [0.15, 0.2) is 18.3 Å². The Morgan fingerprint density at radius 1 is 1.43 bits per heavy atom. The molecule has 7 heteroatoms. The van der Waals surface area contributed by atoms with Crippen LogP contribution in [0.4, 0.5) is 4.79 Å². The zero-order chi connectivity index (χ0) is 15.2. The third kappa shape index (κ3) is 4.42. The fourth-order valence-corrected chi connectivity index (χ4v) is 2.36. The molecule has 7 nitrogen and oxygen atoms in total. The molecular formula is C14H19N3O4. The highest BCUT2D eigenvalue weighted by molar-refractivity contribution is 5.85. The summed E-state index contributed by atoms with van der Waals surface area (Å²) in [5.41, 5.74) is 0.733. The maximum Gasteiger partial charge on any atom is 0.354 e. The molecular weight excluding hydrogens is 274 g/mol. The Morgan fingerprint density at radius 2 is 2.24 bits per heavy atom. The molecule has 1 saturated carbocycles. The minimum atomic E-state index is -1.07. The van der Waals surface area contributed by atoms with Crippen molar-refractivity contribution in [2.24, 2.45) is 0 Å². The molecule has 0 bridgehead atoms. The molecule has 2 atom stereocenters. The van der Waals surface area contributed by atoms with E-state index in [9.17, 15) is 9.59 Å². The monoisotopic (exact) mass is 293 g/mol. The van der Waals surface area contributed by atoms with E-state index in [1.165, 1.54) is 12.3 Å². The molecule has 2 amide bonds. The Morgan fingerprint density at radius 3 is 2.81 bits per heavy atom. The van der Waals surface area contributed by atoms with Crippen molar-refractivity contribution in [1.29, 1.82) is 0 Å². The van der Waals surface area contributed by atoms with Crippen LogP contribution in [0.2, 0.25) is 0 Å². The van der Waals surface area contributed by atoms with E-state index in [0.717, 1.165) is 24.8 Å². The van der Waals surface area contributed by atoms with Crippen molar-refractivity contribution in [1.82, 2.24) is 15.6 Å². The van der Waals surface area contributed by atoms with E-state index in [1.54, 1.807) is 13.2 Å². The number of carbonyl (C=O) groups excluding carboxylic acids is 1. The van der Waals surface area contributed by atoms with Crippen molar-refractivity contribution >= 4 is 12.0 Å². The Kier molecular flexibility index (Phi) is 5.10. The van der Waals surface area contributed by atoms with Gasteiger partial charge in [-0.1, -0.05) is 6.07 Å². The maximum atomic E-state index is 11.8. The Labute approximate surface area is 122 Å². The van der Waals surface area contributed by atoms with Crippen LogP contribution in [0, 0.1) is 0 Å². The van der Waals surface area contributed by atoms with Gasteiger partial charge in [-0.05, 0) is 30.9 Å². The van der Waals surface area contributed by atoms with Crippen LogP contribution < -0.4 is 10.6 Å². The van der Waals surface area contributed by atoms with Crippen molar-refractivity contribution in [3.63, 3.8) is 0 Å². The first kappa shape index (κ1) is 15.2. The van der Waals surface area contributed by atoms with Gasteiger partial charge < -0.3 is 20.5 Å². The largest absolute Gasteiger partial charge is 0.477 e. The van der Waals surface area contributed by atoms with Gasteiger partial charge in [-0.25, -0.2) is 14.6 Å². The number of rotatable bonds is 5. The number of carboxylic acid groups (broad SMARTS) is 1. The summed E-state index contributed by atoms with van der Waals surface area (Å²) >= 11 is 0. The molecule has 1 heterocycles. The average Bonchev–Trinajstić information content (AvgIpc) is 2.93. The highest BCUT2D eigenvalue weighted by Gasteiger charge is 2.25. The summed E-state index contributed by atoms with van der Waals surface area (Å²) in [6.45, 7) is 0.305. The topological polar surface area (TPSA) is 101 Å². The van der Waals surface area contributed by atoms with E-state index in [2.05, 4.69) is 15.6 Å². The molecule has 2 unspecified atom stereocenters. The minimum Gasteiger partial charge on any atom is -0.477 e. The van der Waals surface area contributed by atoms with Crippen LogP contribution in [0.5, 0.6) is 0 Å². The van der Waals surface area contributed by atoms with E-state index in [1.807, 2.05) is 0 Å². The first-order valence-electron chi connectivity index (χ1n) is 6.84. The highest BCUT2D eigenvalue weighted by Crippen LogP contribution is 2.21. The van der Waals surface area contributed by atoms with Gasteiger partial charge in [0, 0.05) is 25.9 Å². The maximum absolute atomic E-state index is 11.8. The van der Waals surface area contributed by atoms with Crippen LogP contribution >= 0.6 is 0 Å². The summed E-state index contributed by atoms with van der Waals surface area (Å²) in [5, 5.41) is 14.4. The SMILES string of the molecule is COC1CCC(NC(=O)NCc2ccc(C(=O)O)nc2)C1. The zero-order valence-corrected chi connectivity index (χ0v) is 11.8. The molecule has 1 aliphatic rings. The Bertz CT molecular complexity index is 503. The second-order valence-electron chi connectivity index (χ2n) is 5.05. The number of hydrogen-bond acceptors (Lipinski definition) is 4.